The van der Waals surface area contributed by atoms with Gasteiger partial charge >= 0.3 is 5.97 Å². The first-order valence-corrected chi connectivity index (χ1v) is 7.01. The molecule has 0 radical (unpaired) electrons. The molecule has 106 valence electrons. The lowest BCUT2D eigenvalue weighted by Gasteiger charge is -2.24. The summed E-state index contributed by atoms with van der Waals surface area (Å²) in [4.78, 5) is 12.2. The zero-order valence-electron chi connectivity index (χ0n) is 11.2. The number of esters is 1. The molecule has 6 heteroatoms. The van der Waals surface area contributed by atoms with Crippen molar-refractivity contribution in [2.75, 3.05) is 11.9 Å². The van der Waals surface area contributed by atoms with E-state index in [-0.39, 0.29) is 18.5 Å². The number of aryl methyl sites for hydroxylation is 1. The van der Waals surface area contributed by atoms with Crippen LogP contribution in [0.1, 0.15) is 22.7 Å². The number of ether oxygens (including phenoxy) is 1. The number of H-pyrrole nitrogens is 1. The number of hydrogen-bond donors (Lipinski definition) is 2. The van der Waals surface area contributed by atoms with Crippen LogP contribution in [0.25, 0.3) is 0 Å². The third-order valence-corrected chi connectivity index (χ3v) is 4.29. The number of nitrogens with one attached hydrogen (secondary N) is 2. The lowest BCUT2D eigenvalue weighted by molar-refractivity contribution is -0.136. The first-order chi connectivity index (χ1) is 10.2. The average molecular weight is 302 g/mol. The number of carbonyl (C=O) groups excluding carboxylic acids is 1. The lowest BCUT2D eigenvalue weighted by atomic mass is 9.82. The fourth-order valence-corrected chi connectivity index (χ4v) is 3.25. The summed E-state index contributed by atoms with van der Waals surface area (Å²) in [6.07, 6.45) is 0. The Labute approximate surface area is 126 Å². The van der Waals surface area contributed by atoms with Crippen LogP contribution in [0.4, 0.5) is 5.82 Å². The Bertz CT molecular complexity index is 794. The lowest BCUT2D eigenvalue weighted by Crippen LogP contribution is -2.20. The molecule has 3 heterocycles. The quantitative estimate of drug-likeness (QED) is 0.795. The number of aromatic nitrogens is 2. The van der Waals surface area contributed by atoms with E-state index >= 15 is 0 Å². The molecule has 1 aromatic heterocycles. The van der Waals surface area contributed by atoms with E-state index in [1.54, 1.807) is 0 Å². The van der Waals surface area contributed by atoms with E-state index < -0.39 is 0 Å². The van der Waals surface area contributed by atoms with Crippen LogP contribution in [0.2, 0.25) is 5.02 Å². The molecule has 0 unspecified atom stereocenters. The third kappa shape index (κ3) is 1.70. The highest BCUT2D eigenvalue weighted by molar-refractivity contribution is 6.31. The Morgan fingerprint density at radius 3 is 3.00 bits per heavy atom. The second kappa shape index (κ2) is 4.36. The molecular weight excluding hydrogens is 290 g/mol. The molecule has 5 nitrogen and oxygen atoms in total. The van der Waals surface area contributed by atoms with E-state index in [0.717, 1.165) is 28.3 Å². The van der Waals surface area contributed by atoms with Crippen LogP contribution in [0.15, 0.2) is 35.5 Å². The van der Waals surface area contributed by atoms with Gasteiger partial charge in [0.15, 0.2) is 5.82 Å². The smallest absolute Gasteiger partial charge is 0.337 e. The maximum atomic E-state index is 12.2. The molecule has 0 amide bonds. The molecule has 2 aromatic rings. The van der Waals surface area contributed by atoms with Crippen LogP contribution in [-0.2, 0) is 9.53 Å². The van der Waals surface area contributed by atoms with Crippen LogP contribution >= 0.6 is 11.6 Å². The van der Waals surface area contributed by atoms with E-state index in [1.165, 1.54) is 0 Å². The van der Waals surface area contributed by atoms with Crippen LogP contribution in [-0.4, -0.2) is 22.8 Å². The van der Waals surface area contributed by atoms with Crippen LogP contribution in [0.3, 0.4) is 0 Å². The number of rotatable bonds is 1. The predicted molar refractivity (Wildman–Crippen MR) is 78.2 cm³/mol. The van der Waals surface area contributed by atoms with Gasteiger partial charge in [-0.3, -0.25) is 5.10 Å². The van der Waals surface area contributed by atoms with E-state index in [1.807, 2.05) is 31.2 Å². The SMILES string of the molecule is Cc1[nH]nc2c1[C@H](c1ccccc1Cl)C1=C(COC1=O)N2. The van der Waals surface area contributed by atoms with Crippen molar-refractivity contribution >= 4 is 23.4 Å². The summed E-state index contributed by atoms with van der Waals surface area (Å²) in [5.41, 5.74) is 4.14. The highest BCUT2D eigenvalue weighted by Gasteiger charge is 2.41. The van der Waals surface area contributed by atoms with E-state index in [9.17, 15) is 4.79 Å². The van der Waals surface area contributed by atoms with Crippen molar-refractivity contribution in [3.63, 3.8) is 0 Å². The fourth-order valence-electron chi connectivity index (χ4n) is 3.01. The van der Waals surface area contributed by atoms with Crippen LogP contribution < -0.4 is 5.32 Å². The molecular formula is C15H12ClN3O2. The minimum absolute atomic E-state index is 0.250. The molecule has 1 atom stereocenters. The number of nitrogens with zero attached hydrogens (tertiary/aromatic N) is 1. The molecule has 4 rings (SSSR count). The highest BCUT2D eigenvalue weighted by Crippen LogP contribution is 2.46. The summed E-state index contributed by atoms with van der Waals surface area (Å²) in [5, 5.41) is 11.0. The van der Waals surface area contributed by atoms with Gasteiger partial charge in [0.25, 0.3) is 0 Å². The van der Waals surface area contributed by atoms with Gasteiger partial charge < -0.3 is 10.1 Å². The van der Waals surface area contributed by atoms with E-state index in [0.29, 0.717) is 10.6 Å². The Hall–Kier alpha value is -2.27. The van der Waals surface area contributed by atoms with Crippen LogP contribution in [0, 0.1) is 6.92 Å². The molecule has 2 aliphatic heterocycles. The number of benzene rings is 1. The van der Waals surface area contributed by atoms with Gasteiger partial charge in [-0.2, -0.15) is 5.10 Å². The van der Waals surface area contributed by atoms with Gasteiger partial charge in [0.2, 0.25) is 0 Å². The summed E-state index contributed by atoms with van der Waals surface area (Å²) < 4.78 is 5.18. The van der Waals surface area contributed by atoms with Crippen molar-refractivity contribution in [3.05, 3.63) is 57.4 Å². The molecule has 2 N–H and O–H groups in total. The van der Waals surface area contributed by atoms with Gasteiger partial charge in [0.05, 0.1) is 17.2 Å². The summed E-state index contributed by atoms with van der Waals surface area (Å²) in [7, 11) is 0. The van der Waals surface area contributed by atoms with E-state index in [4.69, 9.17) is 16.3 Å². The molecule has 0 spiro atoms. The standard InChI is InChI=1S/C15H12ClN3O2/c1-7-11-12(8-4-2-3-5-9(8)16)13-10(6-21-15(13)20)17-14(11)19-18-7/h2-5,12H,6H2,1H3,(H2,17,18,19)/t12-/m0/s1. The maximum absolute atomic E-state index is 12.2. The molecule has 0 saturated heterocycles. The number of anilines is 1. The summed E-state index contributed by atoms with van der Waals surface area (Å²) in [6, 6.07) is 7.55. The van der Waals surface area contributed by atoms with Gasteiger partial charge in [-0.25, -0.2) is 4.79 Å². The number of hydrogen-bond acceptors (Lipinski definition) is 4. The molecule has 0 fully saturated rings. The van der Waals surface area contributed by atoms with Crippen LogP contribution in [0.5, 0.6) is 0 Å². The zero-order valence-corrected chi connectivity index (χ0v) is 12.0. The number of carbonyl (C=O) groups is 1. The summed E-state index contributed by atoms with van der Waals surface area (Å²) in [5.74, 6) is 0.182. The predicted octanol–water partition coefficient (Wildman–Crippen LogP) is 2.74. The molecule has 0 bridgehead atoms. The van der Waals surface area contributed by atoms with Gasteiger partial charge in [-0.15, -0.1) is 0 Å². The van der Waals surface area contributed by atoms with Crippen molar-refractivity contribution in [1.29, 1.82) is 0 Å². The number of fused-ring (bicyclic) bond motifs is 1. The van der Waals surface area contributed by atoms with Gasteiger partial charge in [-0.1, -0.05) is 29.8 Å². The number of halogens is 1. The molecule has 2 aliphatic rings. The average Bonchev–Trinajstić information content (AvgIpc) is 3.03. The molecule has 1 aromatic carbocycles. The Kier molecular flexibility index (Phi) is 2.59. The number of aromatic amines is 1. The summed E-state index contributed by atoms with van der Waals surface area (Å²) in [6.45, 7) is 2.18. The minimum atomic E-state index is -0.298. The highest BCUT2D eigenvalue weighted by atomic mass is 35.5. The van der Waals surface area contributed by atoms with E-state index in [2.05, 4.69) is 15.5 Å². The minimum Gasteiger partial charge on any atom is -0.456 e. The second-order valence-electron chi connectivity index (χ2n) is 5.16. The maximum Gasteiger partial charge on any atom is 0.337 e. The van der Waals surface area contributed by atoms with Crippen molar-refractivity contribution in [3.8, 4) is 0 Å². The van der Waals surface area contributed by atoms with Crippen molar-refractivity contribution in [2.45, 2.75) is 12.8 Å². The molecule has 21 heavy (non-hydrogen) atoms. The monoisotopic (exact) mass is 301 g/mol. The first-order valence-electron chi connectivity index (χ1n) is 6.63. The topological polar surface area (TPSA) is 67.0 Å². The zero-order chi connectivity index (χ0) is 14.6. The second-order valence-corrected chi connectivity index (χ2v) is 5.57. The Morgan fingerprint density at radius 1 is 1.38 bits per heavy atom. The van der Waals surface area contributed by atoms with Crippen molar-refractivity contribution in [2.24, 2.45) is 0 Å². The third-order valence-electron chi connectivity index (χ3n) is 3.95. The first kappa shape index (κ1) is 12.5. The number of cyclic esters (lactones) is 1. The Balaban J connectivity index is 1.99. The summed E-state index contributed by atoms with van der Waals surface area (Å²) >= 11 is 6.36. The molecule has 0 aliphatic carbocycles. The normalized spacial score (nSPS) is 19.9. The Morgan fingerprint density at radius 2 is 2.19 bits per heavy atom. The van der Waals surface area contributed by atoms with Gasteiger partial charge in [-0.05, 0) is 18.6 Å². The largest absolute Gasteiger partial charge is 0.456 e. The molecule has 0 saturated carbocycles. The fraction of sp³-hybridized carbons (Fsp3) is 0.200. The van der Waals surface area contributed by atoms with Crippen molar-refractivity contribution < 1.29 is 9.53 Å². The van der Waals surface area contributed by atoms with Crippen molar-refractivity contribution in [1.82, 2.24) is 10.2 Å². The van der Waals surface area contributed by atoms with Gasteiger partial charge in [0, 0.05) is 16.3 Å². The van der Waals surface area contributed by atoms with Gasteiger partial charge in [0.1, 0.15) is 6.61 Å².